The number of nitrogens with one attached hydrogen (secondary N) is 2. The molecule has 59 heavy (non-hydrogen) atoms. The molecule has 0 saturated heterocycles. The van der Waals surface area contributed by atoms with Crippen LogP contribution in [0.2, 0.25) is 5.02 Å². The van der Waals surface area contributed by atoms with Crippen LogP contribution in [0.25, 0.3) is 22.0 Å². The van der Waals surface area contributed by atoms with E-state index in [1.807, 2.05) is 13.8 Å². The molecule has 0 spiro atoms. The third kappa shape index (κ3) is 8.40. The molecule has 2 aliphatic rings. The molecule has 3 N–H and O–H groups in total. The molecular formula is C41H41ClF5N7O4S. The Morgan fingerprint density at radius 1 is 1.05 bits per heavy atom. The summed E-state index contributed by atoms with van der Waals surface area (Å²) >= 11 is 6.63. The van der Waals surface area contributed by atoms with Crippen LogP contribution in [0.4, 0.5) is 27.8 Å². The summed E-state index contributed by atoms with van der Waals surface area (Å²) < 4.78 is 103. The number of alkyl halides is 3. The first-order valence-corrected chi connectivity index (χ1v) is 20.9. The average molecular weight is 858 g/mol. The smallest absolute Gasteiger partial charge is 0.282 e. The Kier molecular flexibility index (Phi) is 10.6. The number of sulfonamides is 1. The van der Waals surface area contributed by atoms with E-state index in [-0.39, 0.29) is 62.7 Å². The Hall–Kier alpha value is -5.05. The molecule has 0 aliphatic heterocycles. The van der Waals surface area contributed by atoms with Crippen LogP contribution in [-0.2, 0) is 46.9 Å². The largest absolute Gasteiger partial charge is 0.378 e. The molecule has 312 valence electrons. The second-order valence-corrected chi connectivity index (χ2v) is 18.7. The van der Waals surface area contributed by atoms with E-state index in [0.717, 1.165) is 23.1 Å². The maximum atomic E-state index is 16.1. The number of nitrogens with zero attached hydrogens (tertiary/aromatic N) is 5. The maximum Gasteiger partial charge on any atom is 0.282 e. The average Bonchev–Trinajstić information content (AvgIpc) is 3.70. The fourth-order valence-corrected chi connectivity index (χ4v) is 9.26. The Balaban J connectivity index is 1.39. The van der Waals surface area contributed by atoms with E-state index in [1.54, 1.807) is 32.2 Å². The van der Waals surface area contributed by atoms with Gasteiger partial charge in [0.2, 0.25) is 15.9 Å². The summed E-state index contributed by atoms with van der Waals surface area (Å²) in [5, 5.41) is 22.6. The van der Waals surface area contributed by atoms with Crippen molar-refractivity contribution in [3.63, 3.8) is 0 Å². The fraction of sp³-hybridized carbons (Fsp3) is 0.415. The van der Waals surface area contributed by atoms with Crippen molar-refractivity contribution in [1.82, 2.24) is 29.9 Å². The van der Waals surface area contributed by atoms with E-state index in [9.17, 15) is 35.9 Å². The zero-order chi connectivity index (χ0) is 43.0. The lowest BCUT2D eigenvalue weighted by Gasteiger charge is -2.46. The van der Waals surface area contributed by atoms with Crippen molar-refractivity contribution in [2.24, 2.45) is 18.4 Å². The minimum Gasteiger partial charge on any atom is -0.378 e. The number of halogens is 6. The van der Waals surface area contributed by atoms with Gasteiger partial charge in [-0.15, -0.1) is 0 Å². The lowest BCUT2D eigenvalue weighted by atomic mass is 9.62. The third-order valence-corrected chi connectivity index (χ3v) is 11.8. The van der Waals surface area contributed by atoms with Crippen molar-refractivity contribution in [2.45, 2.75) is 83.7 Å². The number of carbonyl (C=O) groups is 1. The minimum absolute atomic E-state index is 0.00386. The number of amides is 1. The number of rotatable bonds is 10. The molecule has 3 aromatic heterocycles. The molecule has 0 radical (unpaired) electrons. The van der Waals surface area contributed by atoms with Crippen molar-refractivity contribution in [1.29, 1.82) is 0 Å². The summed E-state index contributed by atoms with van der Waals surface area (Å²) in [7, 11) is -2.25. The zero-order valence-corrected chi connectivity index (χ0v) is 34.5. The molecule has 7 rings (SSSR count). The molecule has 3 atom stereocenters. The molecule has 11 nitrogen and oxygen atoms in total. The number of pyridine rings is 1. The maximum absolute atomic E-state index is 16.1. The summed E-state index contributed by atoms with van der Waals surface area (Å²) in [6.45, 7) is 6.14. The van der Waals surface area contributed by atoms with Gasteiger partial charge in [0.25, 0.3) is 6.43 Å². The number of anilines is 1. The SMILES string of the molecule is C[C@@H]1Cc2c(C(F)F)nn(CC(=O)NC(Cc3cc(F)cc(F)c3)c3nc(C#CC4(O)CC(C)(C)C4)ccc3-c3ccc(Cl)c4c(NS(C)(=O)=O)nn(C)c34)c2[C@]1(C)F. The normalized spacial score (nSPS) is 19.9. The second-order valence-electron chi connectivity index (χ2n) is 16.5. The number of carbonyl (C=O) groups excluding carboxylic acids is 1. The molecule has 5 aromatic rings. The molecule has 18 heteroatoms. The quantitative estimate of drug-likeness (QED) is 0.0978. The van der Waals surface area contributed by atoms with Crippen molar-refractivity contribution >= 4 is 44.3 Å². The molecule has 1 fully saturated rings. The van der Waals surface area contributed by atoms with E-state index in [1.165, 1.54) is 17.7 Å². The number of hydrogen-bond acceptors (Lipinski definition) is 7. The van der Waals surface area contributed by atoms with Crippen LogP contribution >= 0.6 is 11.6 Å². The third-order valence-electron chi connectivity index (χ3n) is 10.9. The van der Waals surface area contributed by atoms with Crippen LogP contribution in [0.5, 0.6) is 0 Å². The predicted octanol–water partition coefficient (Wildman–Crippen LogP) is 7.45. The van der Waals surface area contributed by atoms with Crippen LogP contribution in [0, 0.1) is 34.8 Å². The van der Waals surface area contributed by atoms with E-state index in [2.05, 4.69) is 32.1 Å². The van der Waals surface area contributed by atoms with Crippen LogP contribution in [-0.4, -0.2) is 55.8 Å². The Labute approximate surface area is 342 Å². The first-order chi connectivity index (χ1) is 27.4. The summed E-state index contributed by atoms with van der Waals surface area (Å²) in [6.07, 6.45) is -1.52. The van der Waals surface area contributed by atoms with E-state index in [0.29, 0.717) is 35.6 Å². The van der Waals surface area contributed by atoms with Crippen LogP contribution in [0.3, 0.4) is 0 Å². The van der Waals surface area contributed by atoms with Gasteiger partial charge >= 0.3 is 0 Å². The number of hydrogen-bond donors (Lipinski definition) is 3. The van der Waals surface area contributed by atoms with E-state index < -0.39 is 69.5 Å². The molecule has 1 unspecified atom stereocenters. The summed E-state index contributed by atoms with van der Waals surface area (Å²) in [4.78, 5) is 19.0. The molecular weight excluding hydrogens is 817 g/mol. The topological polar surface area (TPSA) is 144 Å². The van der Waals surface area contributed by atoms with Gasteiger partial charge in [-0.1, -0.05) is 44.4 Å². The van der Waals surface area contributed by atoms with Gasteiger partial charge in [0.05, 0.1) is 39.6 Å². The number of aromatic nitrogens is 5. The highest BCUT2D eigenvalue weighted by Gasteiger charge is 2.48. The zero-order valence-electron chi connectivity index (χ0n) is 32.9. The number of benzene rings is 2. The van der Waals surface area contributed by atoms with Crippen molar-refractivity contribution in [2.75, 3.05) is 11.0 Å². The molecule has 0 bridgehead atoms. The fourth-order valence-electron chi connectivity index (χ4n) is 8.52. The van der Waals surface area contributed by atoms with Gasteiger partial charge in [-0.05, 0) is 85.8 Å². The van der Waals surface area contributed by atoms with E-state index in [4.69, 9.17) is 16.6 Å². The molecule has 1 saturated carbocycles. The monoisotopic (exact) mass is 857 g/mol. The Morgan fingerprint density at radius 3 is 2.34 bits per heavy atom. The van der Waals surface area contributed by atoms with Gasteiger partial charge in [0.1, 0.15) is 35.2 Å². The molecule has 3 heterocycles. The van der Waals surface area contributed by atoms with Crippen LogP contribution < -0.4 is 10.0 Å². The molecule has 2 aromatic carbocycles. The number of fused-ring (bicyclic) bond motifs is 2. The summed E-state index contributed by atoms with van der Waals surface area (Å²) in [6, 6.07) is 7.98. The molecule has 1 amide bonds. The van der Waals surface area contributed by atoms with Gasteiger partial charge in [-0.3, -0.25) is 18.9 Å². The highest BCUT2D eigenvalue weighted by atomic mass is 35.5. The van der Waals surface area contributed by atoms with Gasteiger partial charge in [0, 0.05) is 29.8 Å². The Bertz CT molecular complexity index is 2680. The summed E-state index contributed by atoms with van der Waals surface area (Å²) in [5.41, 5.74) is -2.73. The predicted molar refractivity (Wildman–Crippen MR) is 212 cm³/mol. The number of aryl methyl sites for hydroxylation is 1. The van der Waals surface area contributed by atoms with Gasteiger partial charge in [0.15, 0.2) is 11.5 Å². The van der Waals surface area contributed by atoms with Gasteiger partial charge in [-0.2, -0.15) is 10.2 Å². The standard InChI is InChI=1S/C41H41ClF5N7O4S/c1-21-13-28-34(37(45)46)50-54(36(28)40(21,4)47)18-31(55)49-30(16-22-14-23(43)17-24(44)15-22)33-26(8-7-25(48-33)11-12-41(56)19-39(2,3)20-41)27-9-10-29(42)32-35(27)53(5)51-38(32)52-59(6,57)58/h7-10,14-15,17,21,30,37,56H,13,16,18-20H2,1-6H3,(H,49,55)(H,51,52)/t21-,30?,40-/m1/s1. The first kappa shape index (κ1) is 42.1. The van der Waals surface area contributed by atoms with Crippen LogP contribution in [0.1, 0.15) is 86.9 Å². The number of aliphatic hydroxyl groups is 1. The highest BCUT2D eigenvalue weighted by Crippen LogP contribution is 2.48. The van der Waals surface area contributed by atoms with Gasteiger partial charge < -0.3 is 10.4 Å². The lowest BCUT2D eigenvalue weighted by Crippen LogP contribution is -2.47. The van der Waals surface area contributed by atoms with Crippen molar-refractivity contribution in [3.8, 4) is 23.0 Å². The van der Waals surface area contributed by atoms with E-state index >= 15 is 4.39 Å². The van der Waals surface area contributed by atoms with Crippen molar-refractivity contribution in [3.05, 3.63) is 93.0 Å². The second kappa shape index (κ2) is 14.9. The Morgan fingerprint density at radius 2 is 1.71 bits per heavy atom. The van der Waals surface area contributed by atoms with Gasteiger partial charge in [-0.25, -0.2) is 35.4 Å². The van der Waals surface area contributed by atoms with Crippen LogP contribution in [0.15, 0.2) is 42.5 Å². The first-order valence-electron chi connectivity index (χ1n) is 18.6. The minimum atomic E-state index is -3.81. The highest BCUT2D eigenvalue weighted by molar-refractivity contribution is 7.92. The summed E-state index contributed by atoms with van der Waals surface area (Å²) in [5.74, 6) is 2.50. The lowest BCUT2D eigenvalue weighted by molar-refractivity contribution is -0.122. The van der Waals surface area contributed by atoms with Crippen molar-refractivity contribution < 1.29 is 40.3 Å². The molecule has 2 aliphatic carbocycles.